The van der Waals surface area contributed by atoms with Crippen LogP contribution in [-0.4, -0.2) is 5.97 Å². The number of hydrogen-bond donors (Lipinski definition) is 0. The molecule has 8 heteroatoms. The van der Waals surface area contributed by atoms with Gasteiger partial charge in [-0.15, -0.1) is 0 Å². The van der Waals surface area contributed by atoms with Crippen LogP contribution < -0.4 is 5.11 Å². The Morgan fingerprint density at radius 3 is 1.94 bits per heavy atom. The predicted octanol–water partition coefficient (Wildman–Crippen LogP) is 1.49. The van der Waals surface area contributed by atoms with Crippen LogP contribution in [0.2, 0.25) is 0 Å². The van der Waals surface area contributed by atoms with Crippen molar-refractivity contribution in [3.63, 3.8) is 0 Å². The molecule has 0 bridgehead atoms. The number of benzene rings is 1. The lowest BCUT2D eigenvalue weighted by molar-refractivity contribution is -0.255. The van der Waals surface area contributed by atoms with Crippen LogP contribution in [0.5, 0.6) is 0 Å². The number of hydrogen-bond acceptors (Lipinski definition) is 2. The quantitative estimate of drug-likeness (QED) is 0.553. The van der Waals surface area contributed by atoms with Gasteiger partial charge >= 0.3 is 6.18 Å². The molecule has 0 aliphatic rings. The summed E-state index contributed by atoms with van der Waals surface area (Å²) in [4.78, 5) is 10.2. The molecule has 1 rings (SSSR count). The van der Waals surface area contributed by atoms with Gasteiger partial charge in [0.25, 0.3) is 0 Å². The highest BCUT2D eigenvalue weighted by atomic mass is 19.4. The second-order valence-electron chi connectivity index (χ2n) is 2.70. The van der Waals surface area contributed by atoms with Crippen LogP contribution in [0, 0.1) is 17.5 Å². The number of aromatic carboxylic acids is 1. The van der Waals surface area contributed by atoms with E-state index in [1.807, 2.05) is 0 Å². The Morgan fingerprint density at radius 1 is 1.06 bits per heavy atom. The minimum Gasteiger partial charge on any atom is -0.545 e. The Balaban J connectivity index is 3.61. The summed E-state index contributed by atoms with van der Waals surface area (Å²) in [5.41, 5.74) is -3.89. The van der Waals surface area contributed by atoms with Gasteiger partial charge < -0.3 is 9.90 Å². The van der Waals surface area contributed by atoms with Crippen LogP contribution in [0.4, 0.5) is 26.3 Å². The number of alkyl halides is 3. The van der Waals surface area contributed by atoms with Gasteiger partial charge in [0.2, 0.25) is 0 Å². The fourth-order valence-corrected chi connectivity index (χ4v) is 0.959. The summed E-state index contributed by atoms with van der Waals surface area (Å²) in [6.45, 7) is 0. The standard InChI is InChI=1S/C8H2F6O2/c9-4-2(7(15)16)1-3(8(12,13)14)5(10)6(4)11/h1H,(H,15,16)/p-1. The van der Waals surface area contributed by atoms with E-state index in [2.05, 4.69) is 0 Å². The van der Waals surface area contributed by atoms with Crippen LogP contribution >= 0.6 is 0 Å². The fourth-order valence-electron chi connectivity index (χ4n) is 0.959. The maximum atomic E-state index is 12.7. The fraction of sp³-hybridized carbons (Fsp3) is 0.125. The van der Waals surface area contributed by atoms with Gasteiger partial charge in [-0.3, -0.25) is 0 Å². The molecular weight excluding hydrogens is 242 g/mol. The molecule has 0 heterocycles. The van der Waals surface area contributed by atoms with Crippen LogP contribution in [0.25, 0.3) is 0 Å². The second-order valence-corrected chi connectivity index (χ2v) is 2.70. The normalized spacial score (nSPS) is 11.6. The molecular formula is C8HF6O2-. The van der Waals surface area contributed by atoms with Crippen molar-refractivity contribution in [3.8, 4) is 0 Å². The van der Waals surface area contributed by atoms with Crippen molar-refractivity contribution in [1.29, 1.82) is 0 Å². The van der Waals surface area contributed by atoms with Crippen LogP contribution in [-0.2, 0) is 6.18 Å². The van der Waals surface area contributed by atoms with Crippen molar-refractivity contribution in [2.45, 2.75) is 6.18 Å². The molecule has 0 aliphatic carbocycles. The molecule has 16 heavy (non-hydrogen) atoms. The molecule has 0 atom stereocenters. The highest BCUT2D eigenvalue weighted by Crippen LogP contribution is 2.34. The van der Waals surface area contributed by atoms with E-state index in [-0.39, 0.29) is 6.07 Å². The molecule has 0 aliphatic heterocycles. The molecule has 2 nitrogen and oxygen atoms in total. The number of carbonyl (C=O) groups is 1. The maximum Gasteiger partial charge on any atom is 0.419 e. The predicted molar refractivity (Wildman–Crippen MR) is 35.6 cm³/mol. The summed E-state index contributed by atoms with van der Waals surface area (Å²) in [6.07, 6.45) is -5.33. The van der Waals surface area contributed by atoms with Crippen molar-refractivity contribution in [3.05, 3.63) is 34.6 Å². The lowest BCUT2D eigenvalue weighted by Crippen LogP contribution is -2.26. The Kier molecular flexibility index (Phi) is 2.85. The first-order chi connectivity index (χ1) is 7.16. The first kappa shape index (κ1) is 12.3. The number of carboxylic acids is 1. The number of carboxylic acid groups (broad SMARTS) is 1. The first-order valence-corrected chi connectivity index (χ1v) is 3.62. The second kappa shape index (κ2) is 3.69. The maximum absolute atomic E-state index is 12.7. The molecule has 0 spiro atoms. The zero-order valence-corrected chi connectivity index (χ0v) is 7.16. The van der Waals surface area contributed by atoms with Crippen molar-refractivity contribution in [1.82, 2.24) is 0 Å². The van der Waals surface area contributed by atoms with Gasteiger partial charge in [0.15, 0.2) is 17.5 Å². The van der Waals surface area contributed by atoms with E-state index in [0.717, 1.165) is 0 Å². The molecule has 0 saturated carbocycles. The van der Waals surface area contributed by atoms with E-state index < -0.39 is 40.7 Å². The van der Waals surface area contributed by atoms with Gasteiger partial charge in [0.05, 0.1) is 11.5 Å². The summed E-state index contributed by atoms with van der Waals surface area (Å²) >= 11 is 0. The van der Waals surface area contributed by atoms with Gasteiger partial charge in [0, 0.05) is 5.56 Å². The van der Waals surface area contributed by atoms with E-state index >= 15 is 0 Å². The number of rotatable bonds is 1. The van der Waals surface area contributed by atoms with Gasteiger partial charge in [-0.2, -0.15) is 13.2 Å². The SMILES string of the molecule is O=C([O-])c1cc(C(F)(F)F)c(F)c(F)c1F. The van der Waals surface area contributed by atoms with E-state index in [1.54, 1.807) is 0 Å². The Morgan fingerprint density at radius 2 is 1.56 bits per heavy atom. The topological polar surface area (TPSA) is 40.1 Å². The summed E-state index contributed by atoms with van der Waals surface area (Å²) in [5, 5.41) is 10.2. The molecule has 0 unspecified atom stereocenters. The van der Waals surface area contributed by atoms with Gasteiger partial charge in [-0.1, -0.05) is 0 Å². The molecule has 0 amide bonds. The van der Waals surface area contributed by atoms with E-state index in [0.29, 0.717) is 0 Å². The van der Waals surface area contributed by atoms with Crippen LogP contribution in [0.3, 0.4) is 0 Å². The molecule has 0 aromatic heterocycles. The van der Waals surface area contributed by atoms with Gasteiger partial charge in [0.1, 0.15) is 0 Å². The molecule has 0 saturated heterocycles. The number of halogens is 6. The largest absolute Gasteiger partial charge is 0.545 e. The summed E-state index contributed by atoms with van der Waals surface area (Å²) in [5.74, 6) is -9.60. The molecule has 88 valence electrons. The molecule has 1 aromatic carbocycles. The Hall–Kier alpha value is -1.73. The third-order valence-electron chi connectivity index (χ3n) is 1.67. The molecule has 0 fully saturated rings. The first-order valence-electron chi connectivity index (χ1n) is 3.62. The Labute approximate surface area is 84.1 Å². The highest BCUT2D eigenvalue weighted by molar-refractivity contribution is 5.86. The third-order valence-corrected chi connectivity index (χ3v) is 1.67. The van der Waals surface area contributed by atoms with E-state index in [1.165, 1.54) is 0 Å². The lowest BCUT2D eigenvalue weighted by atomic mass is 10.1. The van der Waals surface area contributed by atoms with Gasteiger partial charge in [-0.05, 0) is 6.07 Å². The summed E-state index contributed by atoms with van der Waals surface area (Å²) in [6, 6.07) is -0.358. The van der Waals surface area contributed by atoms with Crippen molar-refractivity contribution < 1.29 is 36.2 Å². The Bertz CT molecular complexity index is 451. The average molecular weight is 243 g/mol. The summed E-state index contributed by atoms with van der Waals surface area (Å²) < 4.78 is 74.1. The highest BCUT2D eigenvalue weighted by Gasteiger charge is 2.37. The van der Waals surface area contributed by atoms with Crippen LogP contribution in [0.15, 0.2) is 6.07 Å². The van der Waals surface area contributed by atoms with E-state index in [4.69, 9.17) is 0 Å². The van der Waals surface area contributed by atoms with E-state index in [9.17, 15) is 36.2 Å². The lowest BCUT2D eigenvalue weighted by Gasteiger charge is -2.12. The zero-order valence-electron chi connectivity index (χ0n) is 7.16. The third kappa shape index (κ3) is 1.95. The van der Waals surface area contributed by atoms with Crippen LogP contribution in [0.1, 0.15) is 15.9 Å². The van der Waals surface area contributed by atoms with Crippen molar-refractivity contribution >= 4 is 5.97 Å². The summed E-state index contributed by atoms with van der Waals surface area (Å²) in [7, 11) is 0. The molecule has 0 N–H and O–H groups in total. The minimum atomic E-state index is -5.33. The van der Waals surface area contributed by atoms with Crippen molar-refractivity contribution in [2.24, 2.45) is 0 Å². The monoisotopic (exact) mass is 243 g/mol. The van der Waals surface area contributed by atoms with Crippen molar-refractivity contribution in [2.75, 3.05) is 0 Å². The molecule has 0 radical (unpaired) electrons. The minimum absolute atomic E-state index is 0.358. The number of carbonyl (C=O) groups excluding carboxylic acids is 1. The van der Waals surface area contributed by atoms with Gasteiger partial charge in [-0.25, -0.2) is 13.2 Å². The zero-order chi connectivity index (χ0) is 12.7. The average Bonchev–Trinajstić information content (AvgIpc) is 2.11. The molecule has 1 aromatic rings. The smallest absolute Gasteiger partial charge is 0.419 e.